The van der Waals surface area contributed by atoms with Gasteiger partial charge >= 0.3 is 0 Å². The second-order valence-corrected chi connectivity index (χ2v) is 10.3. The predicted molar refractivity (Wildman–Crippen MR) is 154 cm³/mol. The Morgan fingerprint density at radius 1 is 1.05 bits per heavy atom. The maximum atomic E-state index is 14.1. The molecule has 1 aliphatic heterocycles. The molecule has 0 unspecified atom stereocenters. The summed E-state index contributed by atoms with van der Waals surface area (Å²) in [4.78, 5) is 20.3. The number of amidine groups is 1. The molecule has 1 aromatic heterocycles. The van der Waals surface area contributed by atoms with Gasteiger partial charge < -0.3 is 13.9 Å². The van der Waals surface area contributed by atoms with Crippen LogP contribution in [0.25, 0.3) is 6.08 Å². The molecule has 4 aromatic rings. The van der Waals surface area contributed by atoms with Gasteiger partial charge in [-0.05, 0) is 88.7 Å². The fourth-order valence-electron chi connectivity index (χ4n) is 3.89. The van der Waals surface area contributed by atoms with E-state index in [1.54, 1.807) is 47.6 Å². The van der Waals surface area contributed by atoms with Crippen LogP contribution in [0, 0.1) is 5.82 Å². The first-order valence-corrected chi connectivity index (χ1v) is 13.8. The molecule has 0 spiro atoms. The quantitative estimate of drug-likeness (QED) is 0.181. The predicted octanol–water partition coefficient (Wildman–Crippen LogP) is 7.96. The first-order chi connectivity index (χ1) is 19.0. The topological polar surface area (TPSA) is 64.3 Å². The molecule has 1 amide bonds. The molecule has 0 aliphatic carbocycles. The van der Waals surface area contributed by atoms with E-state index >= 15 is 0 Å². The third kappa shape index (κ3) is 6.43. The van der Waals surface area contributed by atoms with Crippen molar-refractivity contribution in [2.24, 2.45) is 4.99 Å². The van der Waals surface area contributed by atoms with Crippen LogP contribution < -0.4 is 9.47 Å². The molecule has 2 heterocycles. The average Bonchev–Trinajstić information content (AvgIpc) is 3.54. The summed E-state index contributed by atoms with van der Waals surface area (Å²) >= 11 is 4.86. The number of carbonyl (C=O) groups excluding carboxylic acids is 1. The Morgan fingerprint density at radius 2 is 1.85 bits per heavy atom. The van der Waals surface area contributed by atoms with Crippen LogP contribution in [0.4, 0.5) is 10.1 Å². The Labute approximate surface area is 238 Å². The van der Waals surface area contributed by atoms with Crippen molar-refractivity contribution in [2.45, 2.75) is 20.1 Å². The van der Waals surface area contributed by atoms with Gasteiger partial charge in [0.1, 0.15) is 18.2 Å². The summed E-state index contributed by atoms with van der Waals surface area (Å²) in [5.41, 5.74) is 1.92. The lowest BCUT2D eigenvalue weighted by molar-refractivity contribution is -0.122. The van der Waals surface area contributed by atoms with Crippen molar-refractivity contribution in [1.82, 2.24) is 4.90 Å². The lowest BCUT2D eigenvalue weighted by atomic mass is 10.1. The Kier molecular flexibility index (Phi) is 8.48. The zero-order chi connectivity index (χ0) is 27.2. The van der Waals surface area contributed by atoms with Crippen LogP contribution in [0.1, 0.15) is 23.8 Å². The summed E-state index contributed by atoms with van der Waals surface area (Å²) in [7, 11) is 0. The molecule has 0 atom stereocenters. The number of benzene rings is 3. The Bertz CT molecular complexity index is 1520. The first-order valence-electron chi connectivity index (χ1n) is 12.2. The fraction of sp³-hybridized carbons (Fsp3) is 0.133. The first kappa shape index (κ1) is 26.8. The molecule has 6 nitrogen and oxygen atoms in total. The number of thioether (sulfide) groups is 1. The zero-order valence-electron chi connectivity index (χ0n) is 21.0. The minimum Gasteiger partial charge on any atom is -0.490 e. The number of hydrogen-bond acceptors (Lipinski definition) is 6. The van der Waals surface area contributed by atoms with E-state index in [9.17, 15) is 9.18 Å². The average molecular weight is 608 g/mol. The van der Waals surface area contributed by atoms with E-state index in [0.29, 0.717) is 44.0 Å². The number of halogens is 2. The molecule has 1 fully saturated rings. The maximum Gasteiger partial charge on any atom is 0.267 e. The van der Waals surface area contributed by atoms with Gasteiger partial charge in [-0.25, -0.2) is 9.38 Å². The highest BCUT2D eigenvalue weighted by atomic mass is 79.9. The fourth-order valence-corrected chi connectivity index (χ4v) is 5.47. The minimum absolute atomic E-state index is 0.0428. The van der Waals surface area contributed by atoms with Gasteiger partial charge in [0.25, 0.3) is 5.91 Å². The second kappa shape index (κ2) is 12.4. The summed E-state index contributed by atoms with van der Waals surface area (Å²) in [5, 5.41) is 0.558. The normalized spacial score (nSPS) is 15.4. The van der Waals surface area contributed by atoms with Gasteiger partial charge in [0, 0.05) is 5.56 Å². The molecule has 0 radical (unpaired) electrons. The van der Waals surface area contributed by atoms with Crippen molar-refractivity contribution in [1.29, 1.82) is 0 Å². The Balaban J connectivity index is 1.45. The van der Waals surface area contributed by atoms with Crippen LogP contribution in [0.15, 0.2) is 104 Å². The van der Waals surface area contributed by atoms with Crippen molar-refractivity contribution in [2.75, 3.05) is 6.61 Å². The third-order valence-corrected chi connectivity index (χ3v) is 7.32. The van der Waals surface area contributed by atoms with E-state index in [1.807, 2.05) is 49.4 Å². The van der Waals surface area contributed by atoms with Gasteiger partial charge in [0.2, 0.25) is 0 Å². The Morgan fingerprint density at radius 3 is 2.59 bits per heavy atom. The van der Waals surface area contributed by atoms with Crippen molar-refractivity contribution in [3.8, 4) is 11.5 Å². The number of nitrogens with zero attached hydrogens (tertiary/aromatic N) is 2. The van der Waals surface area contributed by atoms with Crippen LogP contribution in [0.2, 0.25) is 0 Å². The molecular formula is C30H24BrFN2O4S. The van der Waals surface area contributed by atoms with Crippen LogP contribution in [0.5, 0.6) is 11.5 Å². The smallest absolute Gasteiger partial charge is 0.267 e. The van der Waals surface area contributed by atoms with E-state index in [4.69, 9.17) is 18.9 Å². The van der Waals surface area contributed by atoms with Crippen molar-refractivity contribution in [3.05, 3.63) is 117 Å². The molecule has 5 rings (SSSR count). The largest absolute Gasteiger partial charge is 0.490 e. The second-order valence-electron chi connectivity index (χ2n) is 8.45. The number of hydrogen-bond donors (Lipinski definition) is 0. The van der Waals surface area contributed by atoms with Crippen LogP contribution in [-0.4, -0.2) is 22.6 Å². The summed E-state index contributed by atoms with van der Waals surface area (Å²) in [6.45, 7) is 2.58. The number of carbonyl (C=O) groups is 1. The molecule has 39 heavy (non-hydrogen) atoms. The third-order valence-electron chi connectivity index (χ3n) is 5.72. The molecule has 0 N–H and O–H groups in total. The van der Waals surface area contributed by atoms with Crippen LogP contribution in [0.3, 0.4) is 0 Å². The van der Waals surface area contributed by atoms with E-state index in [-0.39, 0.29) is 24.9 Å². The molecule has 0 saturated carbocycles. The summed E-state index contributed by atoms with van der Waals surface area (Å²) in [5.74, 6) is 1.08. The number of ether oxygens (including phenoxy) is 2. The van der Waals surface area contributed by atoms with Crippen LogP contribution in [-0.2, 0) is 17.9 Å². The molecule has 0 bridgehead atoms. The van der Waals surface area contributed by atoms with Gasteiger partial charge in [0.05, 0.1) is 34.5 Å². The molecule has 9 heteroatoms. The zero-order valence-corrected chi connectivity index (χ0v) is 23.4. The molecular weight excluding hydrogens is 583 g/mol. The van der Waals surface area contributed by atoms with Gasteiger partial charge in [-0.3, -0.25) is 9.69 Å². The maximum absolute atomic E-state index is 14.1. The number of rotatable bonds is 9. The van der Waals surface area contributed by atoms with Gasteiger partial charge in [0.15, 0.2) is 16.7 Å². The highest BCUT2D eigenvalue weighted by Gasteiger charge is 2.34. The van der Waals surface area contributed by atoms with Gasteiger partial charge in [-0.2, -0.15) is 0 Å². The standard InChI is InChI=1S/C30H24BrFN2O4S/c1-2-36-26-16-20(15-24(31)28(26)38-19-21-9-6-7-13-25(21)32)17-27-29(35)34(18-23-12-8-14-37-23)30(39-27)33-22-10-4-3-5-11-22/h3-17H,2,18-19H2,1H3/b27-17-,33-30?. The van der Waals surface area contributed by atoms with Crippen molar-refractivity contribution >= 4 is 50.5 Å². The molecule has 1 aliphatic rings. The van der Waals surface area contributed by atoms with Gasteiger partial charge in [-0.1, -0.05) is 36.4 Å². The van der Waals surface area contributed by atoms with Crippen LogP contribution >= 0.6 is 27.7 Å². The van der Waals surface area contributed by atoms with Crippen molar-refractivity contribution in [3.63, 3.8) is 0 Å². The Hall–Kier alpha value is -3.82. The molecule has 3 aromatic carbocycles. The molecule has 198 valence electrons. The number of para-hydroxylation sites is 1. The highest BCUT2D eigenvalue weighted by molar-refractivity contribution is 9.10. The van der Waals surface area contributed by atoms with E-state index < -0.39 is 0 Å². The van der Waals surface area contributed by atoms with E-state index in [0.717, 1.165) is 11.3 Å². The van der Waals surface area contributed by atoms with Crippen molar-refractivity contribution < 1.29 is 23.1 Å². The van der Waals surface area contributed by atoms with E-state index in [2.05, 4.69) is 15.9 Å². The SMILES string of the molecule is CCOc1cc(/C=C2\SC(=Nc3ccccc3)N(Cc3ccco3)C2=O)cc(Br)c1OCc1ccccc1F. The summed E-state index contributed by atoms with van der Waals surface area (Å²) < 4.78 is 32.0. The lowest BCUT2D eigenvalue weighted by Gasteiger charge is -2.15. The van der Waals surface area contributed by atoms with E-state index in [1.165, 1.54) is 17.8 Å². The number of aliphatic imine (C=N–C) groups is 1. The minimum atomic E-state index is -0.336. The number of furan rings is 1. The number of amides is 1. The monoisotopic (exact) mass is 606 g/mol. The summed E-state index contributed by atoms with van der Waals surface area (Å²) in [6, 6.07) is 23.2. The lowest BCUT2D eigenvalue weighted by Crippen LogP contribution is -2.28. The highest BCUT2D eigenvalue weighted by Crippen LogP contribution is 2.40. The summed E-state index contributed by atoms with van der Waals surface area (Å²) in [6.07, 6.45) is 3.37. The van der Waals surface area contributed by atoms with Gasteiger partial charge in [-0.15, -0.1) is 0 Å². The molecule has 1 saturated heterocycles.